The van der Waals surface area contributed by atoms with E-state index in [1.165, 1.54) is 10.6 Å². The van der Waals surface area contributed by atoms with E-state index in [4.69, 9.17) is 13.9 Å². The fraction of sp³-hybridized carbons (Fsp3) is 0.207. The molecule has 0 bridgehead atoms. The quantitative estimate of drug-likeness (QED) is 0.188. The summed E-state index contributed by atoms with van der Waals surface area (Å²) in [5.41, 5.74) is 2.09. The van der Waals surface area contributed by atoms with Crippen molar-refractivity contribution in [3.8, 4) is 17.1 Å². The second kappa shape index (κ2) is 10.8. The summed E-state index contributed by atoms with van der Waals surface area (Å²) in [7, 11) is 1.56. The highest BCUT2D eigenvalue weighted by Gasteiger charge is 2.33. The second-order valence-electron chi connectivity index (χ2n) is 9.06. The second-order valence-corrected chi connectivity index (χ2v) is 10.1. The molecule has 2 aromatic heterocycles. The SMILES string of the molecule is CCOC(=O)C1=C(C)N=c2s/c(=C/c3ccc(-c4ccc(C)cc4[N+](=O)[O-])o3)c(=O)n2C1c1ccc(OC)cc1. The van der Waals surface area contributed by atoms with Crippen molar-refractivity contribution in [3.63, 3.8) is 0 Å². The van der Waals surface area contributed by atoms with Gasteiger partial charge in [-0.1, -0.05) is 29.5 Å². The molecule has 1 aliphatic rings. The molecule has 10 nitrogen and oxygen atoms in total. The molecule has 2 aromatic carbocycles. The molecule has 0 N–H and O–H groups in total. The van der Waals surface area contributed by atoms with Gasteiger partial charge in [0.15, 0.2) is 4.80 Å². The highest BCUT2D eigenvalue weighted by Crippen LogP contribution is 2.33. The summed E-state index contributed by atoms with van der Waals surface area (Å²) in [5.74, 6) is 0.742. The Morgan fingerprint density at radius 1 is 1.18 bits per heavy atom. The number of carbonyl (C=O) groups is 1. The summed E-state index contributed by atoms with van der Waals surface area (Å²) in [4.78, 5) is 42.9. The van der Waals surface area contributed by atoms with Gasteiger partial charge in [-0.3, -0.25) is 19.5 Å². The first kappa shape index (κ1) is 26.8. The van der Waals surface area contributed by atoms with Crippen molar-refractivity contribution in [2.75, 3.05) is 13.7 Å². The van der Waals surface area contributed by atoms with Gasteiger partial charge >= 0.3 is 5.97 Å². The van der Waals surface area contributed by atoms with Gasteiger partial charge < -0.3 is 13.9 Å². The van der Waals surface area contributed by atoms with Crippen LogP contribution in [0.4, 0.5) is 5.69 Å². The number of allylic oxidation sites excluding steroid dienone is 1. The topological polar surface area (TPSA) is 126 Å². The molecule has 1 unspecified atom stereocenters. The van der Waals surface area contributed by atoms with Crippen LogP contribution >= 0.6 is 11.3 Å². The van der Waals surface area contributed by atoms with E-state index in [1.807, 2.05) is 0 Å². The maximum absolute atomic E-state index is 13.8. The number of carbonyl (C=O) groups excluding carboxylic acids is 1. The fourth-order valence-corrected chi connectivity index (χ4v) is 5.63. The predicted molar refractivity (Wildman–Crippen MR) is 149 cm³/mol. The zero-order valence-electron chi connectivity index (χ0n) is 22.2. The van der Waals surface area contributed by atoms with Gasteiger partial charge in [-0.2, -0.15) is 0 Å². The van der Waals surface area contributed by atoms with Gasteiger partial charge in [0.2, 0.25) is 0 Å². The Balaban J connectivity index is 1.63. The van der Waals surface area contributed by atoms with Gasteiger partial charge in [-0.05, 0) is 62.2 Å². The highest BCUT2D eigenvalue weighted by atomic mass is 32.1. The maximum Gasteiger partial charge on any atom is 0.338 e. The Kier molecular flexibility index (Phi) is 7.22. The highest BCUT2D eigenvalue weighted by molar-refractivity contribution is 7.07. The lowest BCUT2D eigenvalue weighted by Gasteiger charge is -2.24. The molecule has 1 atom stereocenters. The van der Waals surface area contributed by atoms with E-state index in [1.54, 1.807) is 82.5 Å². The van der Waals surface area contributed by atoms with Crippen LogP contribution in [0, 0.1) is 17.0 Å². The summed E-state index contributed by atoms with van der Waals surface area (Å²) >= 11 is 1.16. The zero-order valence-corrected chi connectivity index (χ0v) is 23.0. The van der Waals surface area contributed by atoms with Crippen LogP contribution in [0.25, 0.3) is 17.4 Å². The summed E-state index contributed by atoms with van der Waals surface area (Å²) in [6.45, 7) is 5.38. The average molecular weight is 560 g/mol. The Morgan fingerprint density at radius 3 is 2.60 bits per heavy atom. The molecular formula is C29H25N3O7S. The molecular weight excluding hydrogens is 534 g/mol. The molecule has 1 aliphatic heterocycles. The van der Waals surface area contributed by atoms with Crippen LogP contribution in [0.1, 0.15) is 36.8 Å². The number of aryl methyl sites for hydroxylation is 1. The van der Waals surface area contributed by atoms with Gasteiger partial charge in [-0.15, -0.1) is 0 Å². The first-order valence-electron chi connectivity index (χ1n) is 12.4. The molecule has 40 heavy (non-hydrogen) atoms. The third kappa shape index (κ3) is 4.87. The van der Waals surface area contributed by atoms with Crippen LogP contribution in [-0.4, -0.2) is 29.2 Å². The Hall–Kier alpha value is -4.77. The van der Waals surface area contributed by atoms with Crippen molar-refractivity contribution in [2.24, 2.45) is 4.99 Å². The predicted octanol–water partition coefficient (Wildman–Crippen LogP) is 4.28. The third-order valence-electron chi connectivity index (χ3n) is 6.46. The average Bonchev–Trinajstić information content (AvgIpc) is 3.52. The number of nitrogens with zero attached hydrogens (tertiary/aromatic N) is 3. The number of methoxy groups -OCH3 is 1. The van der Waals surface area contributed by atoms with E-state index >= 15 is 0 Å². The van der Waals surface area contributed by atoms with Gasteiger partial charge in [0, 0.05) is 12.1 Å². The number of fused-ring (bicyclic) bond motifs is 1. The number of rotatable bonds is 7. The normalized spacial score (nSPS) is 15.0. The number of benzene rings is 2. The van der Waals surface area contributed by atoms with E-state index in [0.717, 1.165) is 16.9 Å². The summed E-state index contributed by atoms with van der Waals surface area (Å²) in [6.07, 6.45) is 1.57. The summed E-state index contributed by atoms with van der Waals surface area (Å²) < 4.78 is 18.3. The van der Waals surface area contributed by atoms with Crippen LogP contribution in [0.5, 0.6) is 5.75 Å². The molecule has 5 rings (SSSR count). The lowest BCUT2D eigenvalue weighted by molar-refractivity contribution is -0.384. The zero-order chi connectivity index (χ0) is 28.6. The molecule has 0 fully saturated rings. The Morgan fingerprint density at radius 2 is 1.93 bits per heavy atom. The van der Waals surface area contributed by atoms with Crippen molar-refractivity contribution >= 4 is 29.1 Å². The van der Waals surface area contributed by atoms with E-state index in [0.29, 0.717) is 43.4 Å². The first-order valence-corrected chi connectivity index (χ1v) is 13.2. The minimum Gasteiger partial charge on any atom is -0.497 e. The van der Waals surface area contributed by atoms with E-state index in [9.17, 15) is 19.7 Å². The van der Waals surface area contributed by atoms with Gasteiger partial charge in [0.05, 0.1) is 46.0 Å². The number of hydrogen-bond donors (Lipinski definition) is 0. The first-order chi connectivity index (χ1) is 19.2. The maximum atomic E-state index is 13.8. The van der Waals surface area contributed by atoms with Gasteiger partial charge in [-0.25, -0.2) is 9.79 Å². The standard InChI is InChI=1S/C29H25N3O7S/c1-5-38-28(34)25-17(3)30-29-31(26(25)18-7-9-19(37-4)10-8-18)27(33)24(40-29)15-20-11-13-23(39-20)21-12-6-16(2)14-22(21)32(35)36/h6-15,26H,5H2,1-4H3/b24-15+. The Labute approximate surface area is 232 Å². The molecule has 0 spiro atoms. The molecule has 4 aromatic rings. The minimum absolute atomic E-state index is 0.0678. The number of nitro benzene ring substituents is 1. The Bertz CT molecular complexity index is 1850. The number of esters is 1. The number of thiazole rings is 1. The van der Waals surface area contributed by atoms with Crippen LogP contribution < -0.4 is 19.6 Å². The third-order valence-corrected chi connectivity index (χ3v) is 7.45. The lowest BCUT2D eigenvalue weighted by atomic mass is 9.96. The molecule has 0 saturated carbocycles. The van der Waals surface area contributed by atoms with Crippen LogP contribution in [0.2, 0.25) is 0 Å². The fourth-order valence-electron chi connectivity index (χ4n) is 4.60. The van der Waals surface area contributed by atoms with Crippen LogP contribution in [0.15, 0.2) is 80.1 Å². The number of aromatic nitrogens is 1. The van der Waals surface area contributed by atoms with E-state index < -0.39 is 16.9 Å². The lowest BCUT2D eigenvalue weighted by Crippen LogP contribution is -2.39. The largest absolute Gasteiger partial charge is 0.497 e. The number of furan rings is 1. The van der Waals surface area contributed by atoms with Crippen molar-refractivity contribution < 1.29 is 23.6 Å². The van der Waals surface area contributed by atoms with Crippen molar-refractivity contribution in [3.05, 3.63) is 113 Å². The van der Waals surface area contributed by atoms with E-state index in [2.05, 4.69) is 4.99 Å². The molecule has 11 heteroatoms. The van der Waals surface area contributed by atoms with Crippen molar-refractivity contribution in [1.82, 2.24) is 4.57 Å². The van der Waals surface area contributed by atoms with Crippen LogP contribution in [-0.2, 0) is 9.53 Å². The molecule has 0 aliphatic carbocycles. The molecule has 204 valence electrons. The number of ether oxygens (including phenoxy) is 2. The number of nitro groups is 1. The molecule has 0 radical (unpaired) electrons. The minimum atomic E-state index is -0.759. The van der Waals surface area contributed by atoms with Crippen molar-refractivity contribution in [1.29, 1.82) is 0 Å². The monoisotopic (exact) mass is 559 g/mol. The number of hydrogen-bond acceptors (Lipinski definition) is 9. The molecule has 3 heterocycles. The molecule has 0 amide bonds. The van der Waals surface area contributed by atoms with Gasteiger partial charge in [0.25, 0.3) is 11.2 Å². The summed E-state index contributed by atoms with van der Waals surface area (Å²) in [6, 6.07) is 14.5. The summed E-state index contributed by atoms with van der Waals surface area (Å²) in [5, 5.41) is 11.6. The smallest absolute Gasteiger partial charge is 0.338 e. The van der Waals surface area contributed by atoms with Crippen molar-refractivity contribution in [2.45, 2.75) is 26.8 Å². The molecule has 0 saturated heterocycles. The van der Waals surface area contributed by atoms with Crippen LogP contribution in [0.3, 0.4) is 0 Å². The van der Waals surface area contributed by atoms with E-state index in [-0.39, 0.29) is 23.4 Å². The van der Waals surface area contributed by atoms with Gasteiger partial charge in [0.1, 0.15) is 17.3 Å².